The highest BCUT2D eigenvalue weighted by atomic mass is 16.6. The van der Waals surface area contributed by atoms with Gasteiger partial charge in [-0.15, -0.1) is 11.8 Å². The molecule has 0 aromatic heterocycles. The highest BCUT2D eigenvalue weighted by Crippen LogP contribution is 2.14. The number of nitrogens with two attached hydrogens (primary N) is 1. The number of rotatable bonds is 17. The van der Waals surface area contributed by atoms with Crippen LogP contribution in [0.4, 0.5) is 4.79 Å². The summed E-state index contributed by atoms with van der Waals surface area (Å²) in [5.74, 6) is 9.79. The molecule has 2 aromatic carbocycles. The van der Waals surface area contributed by atoms with Gasteiger partial charge in [-0.25, -0.2) is 15.8 Å². The van der Waals surface area contributed by atoms with Gasteiger partial charge in [0.2, 0.25) is 0 Å². The molecule has 2 atom stereocenters. The summed E-state index contributed by atoms with van der Waals surface area (Å²) in [6.45, 7) is 9.84. The van der Waals surface area contributed by atoms with Crippen LogP contribution in [0.5, 0.6) is 11.5 Å². The zero-order valence-electron chi connectivity index (χ0n) is 30.7. The summed E-state index contributed by atoms with van der Waals surface area (Å²) in [4.78, 5) is 59.6. The molecule has 2 rings (SSSR count). The average Bonchev–Trinajstić information content (AvgIpc) is 3.14. The Kier molecular flexibility index (Phi) is 21.5. The molecule has 53 heavy (non-hydrogen) atoms. The standard InChI is InChI=1S/C21H29N3O6.C16H21N3O4/c1-5-6-14-29-16-11-9-15(10-12-16)18(25)23-17(19(26)24-28)8-7-13-22-20(27)30-21(2,3)4;1-2-3-11-23-13-8-6-12(7-9-13)15(20)18-14(5-4-10-17)16(21)19-22/h9-12,17,28H,7-8,13-14H2,1-4H3,(H,22,27)(H,23,25)(H,24,26);6-9,14,22H,4-5,10-11,17H2,1H3,(H,18,20)(H,19,21)/t17-;14-/m00/s1. The highest BCUT2D eigenvalue weighted by molar-refractivity contribution is 5.98. The first-order valence-electron chi connectivity index (χ1n) is 16.7. The minimum atomic E-state index is -0.973. The van der Waals surface area contributed by atoms with Crippen molar-refractivity contribution in [3.8, 4) is 35.2 Å². The number of amides is 5. The van der Waals surface area contributed by atoms with E-state index < -0.39 is 47.4 Å². The lowest BCUT2D eigenvalue weighted by molar-refractivity contribution is -0.131. The predicted octanol–water partition coefficient (Wildman–Crippen LogP) is 2.43. The topological polar surface area (TPSA) is 240 Å². The van der Waals surface area contributed by atoms with E-state index in [1.807, 2.05) is 0 Å². The third-order valence-electron chi connectivity index (χ3n) is 6.71. The molecule has 0 bridgehead atoms. The minimum absolute atomic E-state index is 0.199. The Morgan fingerprint density at radius 1 is 0.717 bits per heavy atom. The molecule has 16 heteroatoms. The van der Waals surface area contributed by atoms with Crippen LogP contribution in [-0.2, 0) is 14.3 Å². The summed E-state index contributed by atoms with van der Waals surface area (Å²) in [6.07, 6.45) is 0.893. The number of hydrogen-bond acceptors (Lipinski definition) is 11. The quantitative estimate of drug-likeness (QED) is 0.0508. The molecule has 16 nitrogen and oxygen atoms in total. The van der Waals surface area contributed by atoms with E-state index >= 15 is 0 Å². The lowest BCUT2D eigenvalue weighted by Gasteiger charge is -2.20. The Morgan fingerprint density at radius 2 is 1.13 bits per heavy atom. The predicted molar refractivity (Wildman–Crippen MR) is 195 cm³/mol. The zero-order chi connectivity index (χ0) is 39.6. The van der Waals surface area contributed by atoms with Crippen LogP contribution < -0.4 is 42.1 Å². The van der Waals surface area contributed by atoms with Crippen LogP contribution in [0.15, 0.2) is 48.5 Å². The zero-order valence-corrected chi connectivity index (χ0v) is 30.7. The van der Waals surface area contributed by atoms with Crippen LogP contribution >= 0.6 is 0 Å². The second-order valence-corrected chi connectivity index (χ2v) is 12.0. The molecule has 0 heterocycles. The summed E-state index contributed by atoms with van der Waals surface area (Å²) in [6, 6.07) is 11.0. The van der Waals surface area contributed by atoms with Crippen molar-refractivity contribution in [2.24, 2.45) is 5.73 Å². The first-order valence-corrected chi connectivity index (χ1v) is 16.7. The van der Waals surface area contributed by atoms with Gasteiger partial charge < -0.3 is 35.9 Å². The number of benzene rings is 2. The van der Waals surface area contributed by atoms with Crippen molar-refractivity contribution in [2.75, 3.05) is 26.3 Å². The fourth-order valence-electron chi connectivity index (χ4n) is 4.10. The van der Waals surface area contributed by atoms with Gasteiger partial charge in [0.05, 0.1) is 0 Å². The van der Waals surface area contributed by atoms with E-state index in [1.54, 1.807) is 94.1 Å². The van der Waals surface area contributed by atoms with E-state index in [9.17, 15) is 24.0 Å². The molecule has 0 spiro atoms. The maximum Gasteiger partial charge on any atom is 0.407 e. The Hall–Kier alpha value is -5.81. The molecule has 2 aromatic rings. The number of ether oxygens (including phenoxy) is 3. The average molecular weight is 739 g/mol. The fraction of sp³-hybridized carbons (Fsp3) is 0.432. The van der Waals surface area contributed by atoms with Crippen molar-refractivity contribution < 1.29 is 48.6 Å². The first kappa shape index (κ1) is 45.2. The van der Waals surface area contributed by atoms with E-state index in [4.69, 9.17) is 30.4 Å². The third kappa shape index (κ3) is 19.4. The monoisotopic (exact) mass is 738 g/mol. The fourth-order valence-corrected chi connectivity index (χ4v) is 4.10. The molecule has 9 N–H and O–H groups in total. The molecule has 0 saturated heterocycles. The van der Waals surface area contributed by atoms with Gasteiger partial charge in [0.25, 0.3) is 23.6 Å². The van der Waals surface area contributed by atoms with Gasteiger partial charge in [-0.2, -0.15) is 0 Å². The Bertz CT molecular complexity index is 1590. The van der Waals surface area contributed by atoms with Gasteiger partial charge in [0, 0.05) is 17.7 Å². The molecular formula is C37H50N6O10. The second-order valence-electron chi connectivity index (χ2n) is 12.0. The highest BCUT2D eigenvalue weighted by Gasteiger charge is 2.22. The van der Waals surface area contributed by atoms with Crippen LogP contribution in [-0.4, -0.2) is 84.1 Å². The van der Waals surface area contributed by atoms with Crippen LogP contribution in [0.1, 0.15) is 81.0 Å². The summed E-state index contributed by atoms with van der Waals surface area (Å²) in [7, 11) is 0. The van der Waals surface area contributed by atoms with E-state index in [-0.39, 0.29) is 26.2 Å². The van der Waals surface area contributed by atoms with Crippen molar-refractivity contribution >= 4 is 29.7 Å². The van der Waals surface area contributed by atoms with Gasteiger partial charge >= 0.3 is 6.09 Å². The van der Waals surface area contributed by atoms with Gasteiger partial charge in [0.1, 0.15) is 42.4 Å². The molecule has 0 aliphatic rings. The Labute approximate surface area is 309 Å². The van der Waals surface area contributed by atoms with Gasteiger partial charge in [0.15, 0.2) is 0 Å². The maximum atomic E-state index is 12.4. The molecule has 5 amide bonds. The number of carbonyl (C=O) groups is 5. The molecule has 0 aliphatic heterocycles. The first-order chi connectivity index (χ1) is 25.3. The van der Waals surface area contributed by atoms with Crippen LogP contribution in [0.2, 0.25) is 0 Å². The SMILES string of the molecule is CC#CCOc1ccc(C(=O)N[C@@H](CCCN)C(=O)NO)cc1.CC#CCOc1ccc(C(=O)N[C@@H](CCCNC(=O)OC(C)(C)C)C(=O)NO)cc1. The summed E-state index contributed by atoms with van der Waals surface area (Å²) < 4.78 is 15.9. The maximum absolute atomic E-state index is 12.4. The molecule has 0 saturated carbocycles. The van der Waals surface area contributed by atoms with Crippen molar-refractivity contribution in [2.45, 2.75) is 78.0 Å². The molecule has 0 unspecified atom stereocenters. The molecule has 288 valence electrons. The number of alkyl carbamates (subject to hydrolysis) is 1. The molecule has 0 fully saturated rings. The van der Waals surface area contributed by atoms with E-state index in [1.165, 1.54) is 0 Å². The number of hydrogen-bond donors (Lipinski definition) is 8. The van der Waals surface area contributed by atoms with E-state index in [2.05, 4.69) is 39.6 Å². The molecule has 0 radical (unpaired) electrons. The smallest absolute Gasteiger partial charge is 0.407 e. The largest absolute Gasteiger partial charge is 0.481 e. The van der Waals surface area contributed by atoms with Crippen molar-refractivity contribution in [3.63, 3.8) is 0 Å². The Balaban J connectivity index is 0.000000549. The summed E-state index contributed by atoms with van der Waals surface area (Å²) in [5.41, 5.74) is 8.57. The second kappa shape index (κ2) is 25.2. The van der Waals surface area contributed by atoms with Gasteiger partial charge in [-0.1, -0.05) is 11.8 Å². The van der Waals surface area contributed by atoms with Crippen molar-refractivity contribution in [3.05, 3.63) is 59.7 Å². The van der Waals surface area contributed by atoms with E-state index in [0.717, 1.165) is 0 Å². The third-order valence-corrected chi connectivity index (χ3v) is 6.71. The number of hydroxylamine groups is 2. The minimum Gasteiger partial charge on any atom is -0.481 e. The number of carbonyl (C=O) groups excluding carboxylic acids is 5. The Morgan fingerprint density at radius 3 is 1.49 bits per heavy atom. The van der Waals surface area contributed by atoms with Crippen LogP contribution in [0, 0.1) is 23.7 Å². The normalized spacial score (nSPS) is 11.2. The van der Waals surface area contributed by atoms with Crippen molar-refractivity contribution in [1.82, 2.24) is 26.9 Å². The number of nitrogens with one attached hydrogen (secondary N) is 5. The lowest BCUT2D eigenvalue weighted by Crippen LogP contribution is -2.46. The van der Waals surface area contributed by atoms with Crippen LogP contribution in [0.3, 0.4) is 0 Å². The molecule has 0 aliphatic carbocycles. The summed E-state index contributed by atoms with van der Waals surface area (Å²) in [5, 5.41) is 25.3. The van der Waals surface area contributed by atoms with Crippen molar-refractivity contribution in [1.29, 1.82) is 0 Å². The lowest BCUT2D eigenvalue weighted by atomic mass is 10.1. The van der Waals surface area contributed by atoms with Crippen LogP contribution in [0.25, 0.3) is 0 Å². The van der Waals surface area contributed by atoms with Gasteiger partial charge in [-0.3, -0.25) is 29.6 Å². The van der Waals surface area contributed by atoms with Gasteiger partial charge in [-0.05, 0) is 115 Å². The molecular weight excluding hydrogens is 688 g/mol. The van der Waals surface area contributed by atoms with E-state index in [0.29, 0.717) is 48.4 Å². The summed E-state index contributed by atoms with van der Waals surface area (Å²) >= 11 is 0.